The van der Waals surface area contributed by atoms with Crippen LogP contribution in [0.25, 0.3) is 0 Å². The Labute approximate surface area is 99.0 Å². The molecule has 4 heteroatoms. The molecular weight excluding hydrogens is 204 g/mol. The number of amides is 1. The van der Waals surface area contributed by atoms with Gasteiger partial charge in [0.05, 0.1) is 6.61 Å². The minimum Gasteiger partial charge on any atom is -0.395 e. The summed E-state index contributed by atoms with van der Waals surface area (Å²) in [4.78, 5) is 13.8. The third-order valence-electron chi connectivity index (χ3n) is 2.81. The molecule has 0 saturated carbocycles. The molecule has 4 nitrogen and oxygen atoms in total. The van der Waals surface area contributed by atoms with E-state index in [1.54, 1.807) is 0 Å². The van der Waals surface area contributed by atoms with Crippen molar-refractivity contribution in [2.75, 3.05) is 26.2 Å². The summed E-state index contributed by atoms with van der Waals surface area (Å²) >= 11 is 0. The SMILES string of the molecule is CCNCCC(=O)N(CCO)C(CC)CC. The van der Waals surface area contributed by atoms with Gasteiger partial charge in [0.25, 0.3) is 0 Å². The number of hydrogen-bond donors (Lipinski definition) is 2. The average molecular weight is 230 g/mol. The summed E-state index contributed by atoms with van der Waals surface area (Å²) in [5, 5.41) is 12.1. The Morgan fingerprint density at radius 3 is 2.38 bits per heavy atom. The van der Waals surface area contributed by atoms with E-state index in [2.05, 4.69) is 19.2 Å². The van der Waals surface area contributed by atoms with Crippen LogP contribution in [0.1, 0.15) is 40.0 Å². The minimum atomic E-state index is 0.0451. The van der Waals surface area contributed by atoms with E-state index in [1.807, 2.05) is 11.8 Å². The van der Waals surface area contributed by atoms with E-state index in [0.29, 0.717) is 13.0 Å². The lowest BCUT2D eigenvalue weighted by Gasteiger charge is -2.30. The van der Waals surface area contributed by atoms with Crippen LogP contribution in [0.15, 0.2) is 0 Å². The minimum absolute atomic E-state index is 0.0451. The maximum atomic E-state index is 11.9. The van der Waals surface area contributed by atoms with Crippen molar-refractivity contribution in [1.82, 2.24) is 10.2 Å². The van der Waals surface area contributed by atoms with Crippen LogP contribution in [0.5, 0.6) is 0 Å². The number of nitrogens with zero attached hydrogens (tertiary/aromatic N) is 1. The van der Waals surface area contributed by atoms with Gasteiger partial charge in [-0.15, -0.1) is 0 Å². The van der Waals surface area contributed by atoms with E-state index in [-0.39, 0.29) is 18.6 Å². The first-order chi connectivity index (χ1) is 7.71. The normalized spacial score (nSPS) is 10.8. The molecule has 0 aromatic carbocycles. The molecule has 0 aliphatic heterocycles. The average Bonchev–Trinajstić information content (AvgIpc) is 2.29. The van der Waals surface area contributed by atoms with Crippen LogP contribution < -0.4 is 5.32 Å². The Balaban J connectivity index is 4.21. The van der Waals surface area contributed by atoms with Crippen molar-refractivity contribution in [3.63, 3.8) is 0 Å². The highest BCUT2D eigenvalue weighted by Gasteiger charge is 2.19. The quantitative estimate of drug-likeness (QED) is 0.581. The van der Waals surface area contributed by atoms with Gasteiger partial charge in [0, 0.05) is 25.6 Å². The van der Waals surface area contributed by atoms with Gasteiger partial charge in [-0.1, -0.05) is 20.8 Å². The number of aliphatic hydroxyl groups is 1. The molecule has 16 heavy (non-hydrogen) atoms. The second kappa shape index (κ2) is 9.60. The Morgan fingerprint density at radius 1 is 1.31 bits per heavy atom. The molecule has 0 radical (unpaired) electrons. The van der Waals surface area contributed by atoms with Crippen molar-refractivity contribution < 1.29 is 9.90 Å². The largest absolute Gasteiger partial charge is 0.395 e. The van der Waals surface area contributed by atoms with E-state index < -0.39 is 0 Å². The third kappa shape index (κ3) is 5.47. The molecule has 96 valence electrons. The summed E-state index contributed by atoms with van der Waals surface area (Å²) in [7, 11) is 0. The number of nitrogens with one attached hydrogen (secondary N) is 1. The van der Waals surface area contributed by atoms with Crippen LogP contribution in [0, 0.1) is 0 Å². The standard InChI is InChI=1S/C12H26N2O2/c1-4-11(5-2)14(9-10-15)12(16)7-8-13-6-3/h11,13,15H,4-10H2,1-3H3. The van der Waals surface area contributed by atoms with E-state index in [1.165, 1.54) is 0 Å². The number of hydrogen-bond acceptors (Lipinski definition) is 3. The molecule has 0 heterocycles. The maximum Gasteiger partial charge on any atom is 0.224 e. The van der Waals surface area contributed by atoms with E-state index in [4.69, 9.17) is 5.11 Å². The van der Waals surface area contributed by atoms with Crippen LogP contribution in [0.3, 0.4) is 0 Å². The Morgan fingerprint density at radius 2 is 1.94 bits per heavy atom. The summed E-state index contributed by atoms with van der Waals surface area (Å²) in [6.45, 7) is 8.29. The smallest absolute Gasteiger partial charge is 0.224 e. The molecular formula is C12H26N2O2. The lowest BCUT2D eigenvalue weighted by atomic mass is 10.1. The van der Waals surface area contributed by atoms with Crippen LogP contribution in [0.4, 0.5) is 0 Å². The Hall–Kier alpha value is -0.610. The molecule has 0 aromatic rings. The van der Waals surface area contributed by atoms with Gasteiger partial charge in [-0.05, 0) is 19.4 Å². The van der Waals surface area contributed by atoms with Crippen molar-refractivity contribution in [2.45, 2.75) is 46.1 Å². The molecule has 0 atom stereocenters. The van der Waals surface area contributed by atoms with E-state index in [9.17, 15) is 4.79 Å². The second-order valence-electron chi connectivity index (χ2n) is 3.88. The van der Waals surface area contributed by atoms with Crippen molar-refractivity contribution in [1.29, 1.82) is 0 Å². The highest BCUT2D eigenvalue weighted by Crippen LogP contribution is 2.09. The number of aliphatic hydroxyl groups excluding tert-OH is 1. The fraction of sp³-hybridized carbons (Fsp3) is 0.917. The maximum absolute atomic E-state index is 11.9. The van der Waals surface area contributed by atoms with Gasteiger partial charge in [0.15, 0.2) is 0 Å². The first-order valence-electron chi connectivity index (χ1n) is 6.32. The highest BCUT2D eigenvalue weighted by atomic mass is 16.3. The van der Waals surface area contributed by atoms with Crippen molar-refractivity contribution in [2.24, 2.45) is 0 Å². The van der Waals surface area contributed by atoms with Gasteiger partial charge in [-0.25, -0.2) is 0 Å². The zero-order valence-electron chi connectivity index (χ0n) is 10.8. The molecule has 0 unspecified atom stereocenters. The molecule has 0 aromatic heterocycles. The Kier molecular flexibility index (Phi) is 9.24. The van der Waals surface area contributed by atoms with Crippen LogP contribution in [-0.4, -0.2) is 48.2 Å². The van der Waals surface area contributed by atoms with E-state index >= 15 is 0 Å². The van der Waals surface area contributed by atoms with Crippen molar-refractivity contribution in [3.8, 4) is 0 Å². The van der Waals surface area contributed by atoms with Crippen molar-refractivity contribution in [3.05, 3.63) is 0 Å². The summed E-state index contributed by atoms with van der Waals surface area (Å²) < 4.78 is 0. The van der Waals surface area contributed by atoms with Gasteiger partial charge in [-0.2, -0.15) is 0 Å². The number of rotatable bonds is 9. The van der Waals surface area contributed by atoms with Gasteiger partial charge < -0.3 is 15.3 Å². The van der Waals surface area contributed by atoms with E-state index in [0.717, 1.165) is 25.9 Å². The predicted octanol–water partition coefficient (Wildman–Crippen LogP) is 0.995. The summed E-state index contributed by atoms with van der Waals surface area (Å²) in [6.07, 6.45) is 2.41. The van der Waals surface area contributed by atoms with Crippen LogP contribution in [0.2, 0.25) is 0 Å². The first kappa shape index (κ1) is 15.4. The molecule has 0 rings (SSSR count). The lowest BCUT2D eigenvalue weighted by molar-refractivity contribution is -0.134. The van der Waals surface area contributed by atoms with Crippen LogP contribution in [-0.2, 0) is 4.79 Å². The highest BCUT2D eigenvalue weighted by molar-refractivity contribution is 5.76. The van der Waals surface area contributed by atoms with Gasteiger partial charge in [0.1, 0.15) is 0 Å². The zero-order chi connectivity index (χ0) is 12.4. The summed E-state index contributed by atoms with van der Waals surface area (Å²) in [5.41, 5.74) is 0. The van der Waals surface area contributed by atoms with Gasteiger partial charge in [0.2, 0.25) is 5.91 Å². The molecule has 0 aliphatic rings. The second-order valence-corrected chi connectivity index (χ2v) is 3.88. The number of carbonyl (C=O) groups excluding carboxylic acids is 1. The topological polar surface area (TPSA) is 52.6 Å². The molecule has 0 spiro atoms. The monoisotopic (exact) mass is 230 g/mol. The molecule has 2 N–H and O–H groups in total. The van der Waals surface area contributed by atoms with Crippen LogP contribution >= 0.6 is 0 Å². The molecule has 0 saturated heterocycles. The molecule has 0 bridgehead atoms. The molecule has 1 amide bonds. The Bertz CT molecular complexity index is 182. The summed E-state index contributed by atoms with van der Waals surface area (Å²) in [6, 6.07) is 0.265. The zero-order valence-corrected chi connectivity index (χ0v) is 10.8. The predicted molar refractivity (Wildman–Crippen MR) is 66.3 cm³/mol. The molecule has 0 aliphatic carbocycles. The van der Waals surface area contributed by atoms with Crippen molar-refractivity contribution >= 4 is 5.91 Å². The summed E-state index contributed by atoms with van der Waals surface area (Å²) in [5.74, 6) is 0.142. The van der Waals surface area contributed by atoms with Gasteiger partial charge in [-0.3, -0.25) is 4.79 Å². The fourth-order valence-electron chi connectivity index (χ4n) is 1.86. The van der Waals surface area contributed by atoms with Gasteiger partial charge >= 0.3 is 0 Å². The number of carbonyl (C=O) groups is 1. The lowest BCUT2D eigenvalue weighted by Crippen LogP contribution is -2.42. The fourth-order valence-corrected chi connectivity index (χ4v) is 1.86. The third-order valence-corrected chi connectivity index (χ3v) is 2.81. The first-order valence-corrected chi connectivity index (χ1v) is 6.32. The molecule has 0 fully saturated rings.